The van der Waals surface area contributed by atoms with Crippen molar-refractivity contribution in [3.63, 3.8) is 0 Å². The number of carbonyl (C=O) groups is 1. The number of carbonyl (C=O) groups excluding carboxylic acids is 1. The Morgan fingerprint density at radius 1 is 1.40 bits per heavy atom. The van der Waals surface area contributed by atoms with Crippen molar-refractivity contribution >= 4 is 17.7 Å². The van der Waals surface area contributed by atoms with Crippen molar-refractivity contribution in [3.8, 4) is 0 Å². The van der Waals surface area contributed by atoms with Gasteiger partial charge in [-0.2, -0.15) is 11.8 Å². The van der Waals surface area contributed by atoms with E-state index in [1.165, 1.54) is 31.4 Å². The van der Waals surface area contributed by atoms with Crippen LogP contribution in [0.25, 0.3) is 0 Å². The summed E-state index contributed by atoms with van der Waals surface area (Å²) in [6, 6.07) is 2.06. The Balaban J connectivity index is 1.55. The second kappa shape index (κ2) is 9.08. The van der Waals surface area contributed by atoms with Gasteiger partial charge >= 0.3 is 0 Å². The molecule has 0 spiro atoms. The lowest BCUT2D eigenvalue weighted by molar-refractivity contribution is 0.0919. The summed E-state index contributed by atoms with van der Waals surface area (Å²) >= 11 is 1.90. The predicted octanol–water partition coefficient (Wildman–Crippen LogP) is 3.53. The smallest absolute Gasteiger partial charge is 0.273 e. The fourth-order valence-corrected chi connectivity index (χ4v) is 4.11. The number of rotatable bonds is 10. The molecule has 1 saturated carbocycles. The monoisotopic (exact) mass is 365 g/mol. The van der Waals surface area contributed by atoms with Crippen molar-refractivity contribution in [3.05, 3.63) is 17.5 Å². The van der Waals surface area contributed by atoms with Gasteiger partial charge in [-0.1, -0.05) is 24.9 Å². The van der Waals surface area contributed by atoms with Crippen molar-refractivity contribution < 1.29 is 9.32 Å². The molecule has 2 aliphatic rings. The molecule has 1 N–H and O–H groups in total. The van der Waals surface area contributed by atoms with E-state index in [0.717, 1.165) is 38.2 Å². The van der Waals surface area contributed by atoms with Crippen LogP contribution in [0.3, 0.4) is 0 Å². The minimum atomic E-state index is -0.0758. The van der Waals surface area contributed by atoms with Gasteiger partial charge in [-0.05, 0) is 50.2 Å². The summed E-state index contributed by atoms with van der Waals surface area (Å²) in [5, 5.41) is 7.22. The topological polar surface area (TPSA) is 58.4 Å². The molecule has 2 heterocycles. The van der Waals surface area contributed by atoms with Crippen molar-refractivity contribution in [2.45, 2.75) is 57.4 Å². The third kappa shape index (κ3) is 5.23. The van der Waals surface area contributed by atoms with Gasteiger partial charge in [0, 0.05) is 31.1 Å². The van der Waals surface area contributed by atoms with E-state index in [0.29, 0.717) is 17.5 Å². The van der Waals surface area contributed by atoms with Gasteiger partial charge in [0.25, 0.3) is 5.91 Å². The Hall–Kier alpha value is -1.01. The molecular formula is C19H31N3O2S. The second-order valence-electron chi connectivity index (χ2n) is 7.48. The van der Waals surface area contributed by atoms with E-state index in [1.54, 1.807) is 0 Å². The highest BCUT2D eigenvalue weighted by Gasteiger charge is 2.34. The first-order valence-electron chi connectivity index (χ1n) is 9.70. The molecular weight excluding hydrogens is 334 g/mol. The number of likely N-dealkylation sites (tertiary alicyclic amines) is 1. The quantitative estimate of drug-likeness (QED) is 0.643. The van der Waals surface area contributed by atoms with E-state index >= 15 is 0 Å². The molecule has 2 fully saturated rings. The molecule has 0 radical (unpaired) electrons. The fraction of sp³-hybridized carbons (Fsp3) is 0.789. The lowest BCUT2D eigenvalue weighted by atomic mass is 9.97. The first-order chi connectivity index (χ1) is 12.2. The van der Waals surface area contributed by atoms with Gasteiger partial charge in [0.1, 0.15) is 5.76 Å². The van der Waals surface area contributed by atoms with Crippen LogP contribution in [0.2, 0.25) is 0 Å². The van der Waals surface area contributed by atoms with E-state index in [2.05, 4.69) is 28.6 Å². The van der Waals surface area contributed by atoms with Crippen molar-refractivity contribution in [2.24, 2.45) is 5.92 Å². The average molecular weight is 366 g/mol. The zero-order chi connectivity index (χ0) is 17.6. The summed E-state index contributed by atoms with van der Waals surface area (Å²) in [7, 11) is 0. The third-order valence-electron chi connectivity index (χ3n) is 5.33. The molecule has 1 saturated heterocycles. The molecule has 25 heavy (non-hydrogen) atoms. The molecule has 140 valence electrons. The molecule has 1 aliphatic heterocycles. The normalized spacial score (nSPS) is 23.9. The molecule has 1 amide bonds. The van der Waals surface area contributed by atoms with Gasteiger partial charge in [-0.15, -0.1) is 0 Å². The number of aromatic nitrogens is 1. The van der Waals surface area contributed by atoms with Crippen molar-refractivity contribution in [1.29, 1.82) is 0 Å². The SMILES string of the molecule is CCCC[C@H]1CN(CCCSC)C[C@@H]1NC(=O)c1cc(C2CC2)on1. The molecule has 1 aromatic rings. The number of amides is 1. The third-order valence-corrected chi connectivity index (χ3v) is 6.02. The number of nitrogens with one attached hydrogen (secondary N) is 1. The van der Waals surface area contributed by atoms with Crippen LogP contribution >= 0.6 is 11.8 Å². The van der Waals surface area contributed by atoms with E-state index < -0.39 is 0 Å². The maximum absolute atomic E-state index is 12.6. The summed E-state index contributed by atoms with van der Waals surface area (Å²) in [5.74, 6) is 3.04. The van der Waals surface area contributed by atoms with Gasteiger partial charge in [-0.25, -0.2) is 0 Å². The standard InChI is InChI=1S/C19H31N3O2S/c1-3-4-6-15-12-22(9-5-10-25-2)13-17(15)20-19(23)16-11-18(24-21-16)14-7-8-14/h11,14-15,17H,3-10,12-13H2,1-2H3,(H,20,23)/t15-,17-/m0/s1. The molecule has 1 aromatic heterocycles. The maximum Gasteiger partial charge on any atom is 0.273 e. The van der Waals surface area contributed by atoms with E-state index in [4.69, 9.17) is 4.52 Å². The van der Waals surface area contributed by atoms with Crippen LogP contribution in [0, 0.1) is 5.92 Å². The van der Waals surface area contributed by atoms with Gasteiger partial charge in [0.2, 0.25) is 0 Å². The Kier molecular flexibility index (Phi) is 6.82. The lowest BCUT2D eigenvalue weighted by Gasteiger charge is -2.19. The number of thioether (sulfide) groups is 1. The zero-order valence-electron chi connectivity index (χ0n) is 15.5. The van der Waals surface area contributed by atoms with Crippen LogP contribution in [-0.2, 0) is 0 Å². The zero-order valence-corrected chi connectivity index (χ0v) is 16.3. The van der Waals surface area contributed by atoms with Crippen LogP contribution < -0.4 is 5.32 Å². The lowest BCUT2D eigenvalue weighted by Crippen LogP contribution is -2.40. The van der Waals surface area contributed by atoms with E-state index in [1.807, 2.05) is 17.8 Å². The highest BCUT2D eigenvalue weighted by Crippen LogP contribution is 2.40. The van der Waals surface area contributed by atoms with Crippen LogP contribution in [-0.4, -0.2) is 53.6 Å². The van der Waals surface area contributed by atoms with Crippen molar-refractivity contribution in [1.82, 2.24) is 15.4 Å². The highest BCUT2D eigenvalue weighted by molar-refractivity contribution is 7.98. The summed E-state index contributed by atoms with van der Waals surface area (Å²) in [6.07, 6.45) is 9.31. The van der Waals surface area contributed by atoms with E-state index in [-0.39, 0.29) is 11.9 Å². The van der Waals surface area contributed by atoms with Crippen LogP contribution in [0.5, 0.6) is 0 Å². The predicted molar refractivity (Wildman–Crippen MR) is 102 cm³/mol. The van der Waals surface area contributed by atoms with Gasteiger partial charge < -0.3 is 14.7 Å². The van der Waals surface area contributed by atoms with Crippen LogP contribution in [0.4, 0.5) is 0 Å². The Labute approximate surface area is 155 Å². The van der Waals surface area contributed by atoms with Gasteiger partial charge in [0.05, 0.1) is 0 Å². The van der Waals surface area contributed by atoms with E-state index in [9.17, 15) is 4.79 Å². The van der Waals surface area contributed by atoms with Gasteiger partial charge in [-0.3, -0.25) is 4.79 Å². The van der Waals surface area contributed by atoms with Crippen molar-refractivity contribution in [2.75, 3.05) is 31.6 Å². The first kappa shape index (κ1) is 18.8. The molecule has 5 nitrogen and oxygen atoms in total. The molecule has 3 rings (SSSR count). The number of hydrogen-bond donors (Lipinski definition) is 1. The molecule has 0 bridgehead atoms. The number of nitrogens with zero attached hydrogens (tertiary/aromatic N) is 2. The Bertz CT molecular complexity index is 559. The number of unbranched alkanes of at least 4 members (excludes halogenated alkanes) is 1. The number of hydrogen-bond acceptors (Lipinski definition) is 5. The fourth-order valence-electron chi connectivity index (χ4n) is 3.70. The minimum absolute atomic E-state index is 0.0758. The first-order valence-corrected chi connectivity index (χ1v) is 11.1. The molecule has 2 atom stereocenters. The maximum atomic E-state index is 12.6. The van der Waals surface area contributed by atoms with Crippen LogP contribution in [0.15, 0.2) is 10.6 Å². The molecule has 1 aliphatic carbocycles. The van der Waals surface area contributed by atoms with Crippen LogP contribution in [0.1, 0.15) is 67.6 Å². The summed E-state index contributed by atoms with van der Waals surface area (Å²) in [5.41, 5.74) is 0.442. The Morgan fingerprint density at radius 3 is 2.96 bits per heavy atom. The molecule has 0 unspecified atom stereocenters. The molecule has 6 heteroatoms. The highest BCUT2D eigenvalue weighted by atomic mass is 32.2. The molecule has 0 aromatic carbocycles. The minimum Gasteiger partial charge on any atom is -0.360 e. The van der Waals surface area contributed by atoms with Gasteiger partial charge in [0.15, 0.2) is 5.69 Å². The summed E-state index contributed by atoms with van der Waals surface area (Å²) < 4.78 is 5.33. The second-order valence-corrected chi connectivity index (χ2v) is 8.46. The average Bonchev–Trinajstić information content (AvgIpc) is 3.21. The Morgan fingerprint density at radius 2 is 2.24 bits per heavy atom. The summed E-state index contributed by atoms with van der Waals surface area (Å²) in [4.78, 5) is 15.1. The summed E-state index contributed by atoms with van der Waals surface area (Å²) in [6.45, 7) is 5.42. The largest absolute Gasteiger partial charge is 0.360 e.